The lowest BCUT2D eigenvalue weighted by Gasteiger charge is -2.33. The summed E-state index contributed by atoms with van der Waals surface area (Å²) < 4.78 is 0. The summed E-state index contributed by atoms with van der Waals surface area (Å²) in [4.78, 5) is 38.8. The van der Waals surface area contributed by atoms with Gasteiger partial charge in [-0.1, -0.05) is 0 Å². The highest BCUT2D eigenvalue weighted by atomic mass is 16.4. The van der Waals surface area contributed by atoms with Gasteiger partial charge in [0.2, 0.25) is 11.8 Å². The van der Waals surface area contributed by atoms with E-state index in [0.29, 0.717) is 32.1 Å². The maximum atomic E-state index is 12.5. The average molecular weight is 294 g/mol. The molecule has 0 aromatic heterocycles. The van der Waals surface area contributed by atoms with Crippen molar-refractivity contribution < 1.29 is 19.5 Å². The van der Waals surface area contributed by atoms with Crippen molar-refractivity contribution in [3.8, 4) is 0 Å². The largest absolute Gasteiger partial charge is 0.481 e. The van der Waals surface area contributed by atoms with E-state index in [1.54, 1.807) is 0 Å². The number of carbonyl (C=O) groups is 3. The molecule has 3 rings (SSSR count). The molecule has 0 aromatic carbocycles. The number of carboxylic acids is 1. The SMILES string of the molecule is O=C(O)CC1CCN(C(=O)C2CC(=O)N(C3CC3)C2)CC1. The number of piperidine rings is 1. The van der Waals surface area contributed by atoms with Gasteiger partial charge in [-0.3, -0.25) is 14.4 Å². The standard InChI is InChI=1S/C15H22N2O4/c18-13-8-11(9-17(13)12-1-2-12)15(21)16-5-3-10(4-6-16)7-14(19)20/h10-12H,1-9H2,(H,19,20). The second kappa shape index (κ2) is 5.66. The summed E-state index contributed by atoms with van der Waals surface area (Å²) in [6.45, 7) is 1.84. The number of hydrogen-bond donors (Lipinski definition) is 1. The van der Waals surface area contributed by atoms with Crippen LogP contribution in [0.4, 0.5) is 0 Å². The molecule has 3 fully saturated rings. The molecule has 1 N–H and O–H groups in total. The average Bonchev–Trinajstić information content (AvgIpc) is 3.21. The zero-order valence-electron chi connectivity index (χ0n) is 12.2. The van der Waals surface area contributed by atoms with Crippen LogP contribution in [0.2, 0.25) is 0 Å². The van der Waals surface area contributed by atoms with Gasteiger partial charge in [-0.25, -0.2) is 0 Å². The van der Waals surface area contributed by atoms with Crippen LogP contribution < -0.4 is 0 Å². The molecular weight excluding hydrogens is 272 g/mol. The minimum absolute atomic E-state index is 0.0836. The molecule has 116 valence electrons. The van der Waals surface area contributed by atoms with Crippen molar-refractivity contribution >= 4 is 17.8 Å². The summed E-state index contributed by atoms with van der Waals surface area (Å²) in [6, 6.07) is 0.386. The highest BCUT2D eigenvalue weighted by Gasteiger charge is 2.43. The molecule has 0 aromatic rings. The third-order valence-corrected chi connectivity index (χ3v) is 4.88. The summed E-state index contributed by atoms with van der Waals surface area (Å²) in [5, 5.41) is 8.81. The van der Waals surface area contributed by atoms with Crippen LogP contribution in [0.15, 0.2) is 0 Å². The van der Waals surface area contributed by atoms with E-state index >= 15 is 0 Å². The molecule has 21 heavy (non-hydrogen) atoms. The van der Waals surface area contributed by atoms with Gasteiger partial charge in [-0.05, 0) is 31.6 Å². The molecule has 2 amide bonds. The highest BCUT2D eigenvalue weighted by Crippen LogP contribution is 2.33. The zero-order chi connectivity index (χ0) is 15.0. The second-order valence-corrected chi connectivity index (χ2v) is 6.54. The normalized spacial score (nSPS) is 27.2. The Labute approximate surface area is 124 Å². The number of carbonyl (C=O) groups excluding carboxylic acids is 2. The molecule has 2 aliphatic heterocycles. The van der Waals surface area contributed by atoms with Crippen LogP contribution >= 0.6 is 0 Å². The van der Waals surface area contributed by atoms with E-state index in [4.69, 9.17) is 5.11 Å². The molecule has 1 unspecified atom stereocenters. The summed E-state index contributed by atoms with van der Waals surface area (Å²) in [6.07, 6.45) is 4.21. The summed E-state index contributed by atoms with van der Waals surface area (Å²) in [5.41, 5.74) is 0. The molecule has 2 saturated heterocycles. The fraction of sp³-hybridized carbons (Fsp3) is 0.800. The molecule has 6 heteroatoms. The lowest BCUT2D eigenvalue weighted by molar-refractivity contribution is -0.139. The van der Waals surface area contributed by atoms with Crippen molar-refractivity contribution in [2.75, 3.05) is 19.6 Å². The van der Waals surface area contributed by atoms with E-state index in [1.807, 2.05) is 9.80 Å². The van der Waals surface area contributed by atoms with Gasteiger partial charge in [-0.15, -0.1) is 0 Å². The molecule has 1 atom stereocenters. The third-order valence-electron chi connectivity index (χ3n) is 4.88. The number of hydrogen-bond acceptors (Lipinski definition) is 3. The van der Waals surface area contributed by atoms with E-state index < -0.39 is 5.97 Å². The first-order valence-corrected chi connectivity index (χ1v) is 7.84. The Kier molecular flexibility index (Phi) is 3.87. The topological polar surface area (TPSA) is 77.9 Å². The van der Waals surface area contributed by atoms with Crippen molar-refractivity contribution in [3.05, 3.63) is 0 Å². The van der Waals surface area contributed by atoms with Gasteiger partial charge >= 0.3 is 5.97 Å². The second-order valence-electron chi connectivity index (χ2n) is 6.54. The smallest absolute Gasteiger partial charge is 0.303 e. The minimum atomic E-state index is -0.763. The van der Waals surface area contributed by atoms with Gasteiger partial charge in [0.25, 0.3) is 0 Å². The molecule has 6 nitrogen and oxygen atoms in total. The molecule has 1 aliphatic carbocycles. The van der Waals surface area contributed by atoms with Gasteiger partial charge in [0, 0.05) is 38.5 Å². The van der Waals surface area contributed by atoms with E-state index in [-0.39, 0.29) is 30.1 Å². The summed E-state index contributed by atoms with van der Waals surface area (Å²) in [7, 11) is 0. The van der Waals surface area contributed by atoms with Crippen molar-refractivity contribution in [3.63, 3.8) is 0 Å². The van der Waals surface area contributed by atoms with Crippen molar-refractivity contribution in [1.82, 2.24) is 9.80 Å². The first kappa shape index (κ1) is 14.4. The predicted octanol–water partition coefficient (Wildman–Crippen LogP) is 0.711. The predicted molar refractivity (Wildman–Crippen MR) is 74.4 cm³/mol. The highest BCUT2D eigenvalue weighted by molar-refractivity contribution is 5.89. The van der Waals surface area contributed by atoms with E-state index in [1.165, 1.54) is 0 Å². The number of rotatable bonds is 4. The van der Waals surface area contributed by atoms with Crippen LogP contribution in [0.3, 0.4) is 0 Å². The molecule has 1 saturated carbocycles. The van der Waals surface area contributed by atoms with Gasteiger partial charge in [0.15, 0.2) is 0 Å². The molecule has 3 aliphatic rings. The van der Waals surface area contributed by atoms with Crippen LogP contribution in [0, 0.1) is 11.8 Å². The third kappa shape index (κ3) is 3.19. The Morgan fingerprint density at radius 3 is 2.38 bits per heavy atom. The maximum absolute atomic E-state index is 12.5. The monoisotopic (exact) mass is 294 g/mol. The van der Waals surface area contributed by atoms with Crippen LogP contribution in [0.1, 0.15) is 38.5 Å². The quantitative estimate of drug-likeness (QED) is 0.828. The van der Waals surface area contributed by atoms with Gasteiger partial charge in [0.1, 0.15) is 0 Å². The van der Waals surface area contributed by atoms with Crippen LogP contribution in [0.25, 0.3) is 0 Å². The van der Waals surface area contributed by atoms with Gasteiger partial charge in [0.05, 0.1) is 5.92 Å². The number of amides is 2. The molecule has 0 bridgehead atoms. The van der Waals surface area contributed by atoms with Gasteiger partial charge < -0.3 is 14.9 Å². The first-order valence-electron chi connectivity index (χ1n) is 7.84. The minimum Gasteiger partial charge on any atom is -0.481 e. The fourth-order valence-electron chi connectivity index (χ4n) is 3.50. The summed E-state index contributed by atoms with van der Waals surface area (Å²) in [5.74, 6) is -0.563. The summed E-state index contributed by atoms with van der Waals surface area (Å²) >= 11 is 0. The zero-order valence-corrected chi connectivity index (χ0v) is 12.2. The number of carboxylic acid groups (broad SMARTS) is 1. The lowest BCUT2D eigenvalue weighted by atomic mass is 9.92. The fourth-order valence-corrected chi connectivity index (χ4v) is 3.50. The lowest BCUT2D eigenvalue weighted by Crippen LogP contribution is -2.42. The first-order chi connectivity index (χ1) is 10.0. The Hall–Kier alpha value is -1.59. The number of aliphatic carboxylic acids is 1. The molecule has 2 heterocycles. The Balaban J connectivity index is 1.50. The van der Waals surface area contributed by atoms with E-state index in [2.05, 4.69) is 0 Å². The van der Waals surface area contributed by atoms with Crippen LogP contribution in [0.5, 0.6) is 0 Å². The van der Waals surface area contributed by atoms with Crippen molar-refractivity contribution in [2.24, 2.45) is 11.8 Å². The molecule has 0 spiro atoms. The maximum Gasteiger partial charge on any atom is 0.303 e. The molecule has 0 radical (unpaired) electrons. The van der Waals surface area contributed by atoms with Gasteiger partial charge in [-0.2, -0.15) is 0 Å². The Morgan fingerprint density at radius 1 is 1.14 bits per heavy atom. The van der Waals surface area contributed by atoms with Crippen LogP contribution in [-0.4, -0.2) is 58.4 Å². The molecular formula is C15H22N2O4. The van der Waals surface area contributed by atoms with Crippen molar-refractivity contribution in [1.29, 1.82) is 0 Å². The van der Waals surface area contributed by atoms with Crippen LogP contribution in [-0.2, 0) is 14.4 Å². The Morgan fingerprint density at radius 2 is 1.81 bits per heavy atom. The van der Waals surface area contributed by atoms with Crippen molar-refractivity contribution in [2.45, 2.75) is 44.6 Å². The number of nitrogens with zero attached hydrogens (tertiary/aromatic N) is 2. The van der Waals surface area contributed by atoms with E-state index in [9.17, 15) is 14.4 Å². The number of likely N-dealkylation sites (tertiary alicyclic amines) is 2. The van der Waals surface area contributed by atoms with E-state index in [0.717, 1.165) is 25.7 Å². The Bertz CT molecular complexity index is 453.